The number of nitrogens with one attached hydrogen (secondary N) is 1. The molecular formula is C22H23ClN4O3S. The molecular weight excluding hydrogens is 436 g/mol. The second-order valence-electron chi connectivity index (χ2n) is 7.24. The van der Waals surface area contributed by atoms with Crippen molar-refractivity contribution in [3.05, 3.63) is 47.5 Å². The van der Waals surface area contributed by atoms with E-state index in [0.29, 0.717) is 21.6 Å². The summed E-state index contributed by atoms with van der Waals surface area (Å²) in [5.74, 6) is 0.536. The number of thioether (sulfide) groups is 1. The first-order chi connectivity index (χ1) is 15.0. The van der Waals surface area contributed by atoms with Gasteiger partial charge >= 0.3 is 0 Å². The van der Waals surface area contributed by atoms with Crippen molar-refractivity contribution in [3.8, 4) is 5.75 Å². The van der Waals surface area contributed by atoms with Crippen LogP contribution in [0.25, 0.3) is 11.0 Å². The number of aromatic nitrogens is 2. The van der Waals surface area contributed by atoms with Gasteiger partial charge in [-0.05, 0) is 43.2 Å². The van der Waals surface area contributed by atoms with Gasteiger partial charge in [0.1, 0.15) is 12.3 Å². The Morgan fingerprint density at radius 1 is 1.19 bits per heavy atom. The average Bonchev–Trinajstić information content (AvgIpc) is 3.41. The van der Waals surface area contributed by atoms with Gasteiger partial charge in [-0.3, -0.25) is 9.59 Å². The summed E-state index contributed by atoms with van der Waals surface area (Å²) in [5.41, 5.74) is 2.20. The minimum absolute atomic E-state index is 0.0793. The molecule has 9 heteroatoms. The van der Waals surface area contributed by atoms with Crippen LogP contribution in [0, 0.1) is 0 Å². The molecule has 0 spiro atoms. The van der Waals surface area contributed by atoms with E-state index >= 15 is 0 Å². The Morgan fingerprint density at radius 2 is 1.97 bits per heavy atom. The molecule has 3 aromatic rings. The van der Waals surface area contributed by atoms with E-state index in [1.54, 1.807) is 18.2 Å². The number of likely N-dealkylation sites (tertiary alicyclic amines) is 1. The van der Waals surface area contributed by atoms with Crippen LogP contribution >= 0.6 is 23.4 Å². The average molecular weight is 459 g/mol. The lowest BCUT2D eigenvalue weighted by molar-refractivity contribution is -0.130. The van der Waals surface area contributed by atoms with E-state index < -0.39 is 0 Å². The molecule has 1 fully saturated rings. The van der Waals surface area contributed by atoms with Gasteiger partial charge in [0.25, 0.3) is 0 Å². The molecule has 0 bridgehead atoms. The van der Waals surface area contributed by atoms with Gasteiger partial charge in [-0.2, -0.15) is 0 Å². The standard InChI is InChI=1S/C22H23ClN4O3S/c1-30-19-9-8-15(23)12-17(19)24-20(28)14-31-22-25-16-6-2-3-7-18(16)27(22)13-21(29)26-10-4-5-11-26/h2-3,6-9,12H,4-5,10-11,13-14H2,1H3,(H,24,28). The maximum Gasteiger partial charge on any atom is 0.242 e. The highest BCUT2D eigenvalue weighted by Crippen LogP contribution is 2.29. The fourth-order valence-corrected chi connectivity index (χ4v) is 4.60. The van der Waals surface area contributed by atoms with Gasteiger partial charge in [0.2, 0.25) is 11.8 Å². The van der Waals surface area contributed by atoms with Crippen molar-refractivity contribution in [2.75, 3.05) is 31.3 Å². The van der Waals surface area contributed by atoms with Crippen molar-refractivity contribution in [2.24, 2.45) is 0 Å². The largest absolute Gasteiger partial charge is 0.495 e. The summed E-state index contributed by atoms with van der Waals surface area (Å²) < 4.78 is 7.17. The fraction of sp³-hybridized carbons (Fsp3) is 0.318. The minimum atomic E-state index is -0.213. The first-order valence-electron chi connectivity index (χ1n) is 10.0. The third-order valence-corrected chi connectivity index (χ3v) is 6.35. The second kappa shape index (κ2) is 9.62. The lowest BCUT2D eigenvalue weighted by atomic mass is 10.3. The lowest BCUT2D eigenvalue weighted by Crippen LogP contribution is -2.31. The quantitative estimate of drug-likeness (QED) is 0.540. The zero-order valence-corrected chi connectivity index (χ0v) is 18.7. The van der Waals surface area contributed by atoms with Gasteiger partial charge in [-0.1, -0.05) is 35.5 Å². The number of hydrogen-bond acceptors (Lipinski definition) is 5. The molecule has 1 N–H and O–H groups in total. The Kier molecular flexibility index (Phi) is 6.67. The Balaban J connectivity index is 1.49. The summed E-state index contributed by atoms with van der Waals surface area (Å²) in [6.45, 7) is 1.82. The molecule has 0 radical (unpaired) electrons. The van der Waals surface area contributed by atoms with E-state index in [1.165, 1.54) is 18.9 Å². The van der Waals surface area contributed by atoms with Crippen molar-refractivity contribution in [2.45, 2.75) is 24.5 Å². The monoisotopic (exact) mass is 458 g/mol. The molecule has 2 aromatic carbocycles. The number of carbonyl (C=O) groups is 2. The molecule has 1 saturated heterocycles. The molecule has 4 rings (SSSR count). The number of fused-ring (bicyclic) bond motifs is 1. The smallest absolute Gasteiger partial charge is 0.242 e. The number of nitrogens with zero attached hydrogens (tertiary/aromatic N) is 3. The number of hydrogen-bond donors (Lipinski definition) is 1. The molecule has 162 valence electrons. The van der Waals surface area contributed by atoms with Crippen molar-refractivity contribution < 1.29 is 14.3 Å². The highest BCUT2D eigenvalue weighted by atomic mass is 35.5. The molecule has 0 saturated carbocycles. The Morgan fingerprint density at radius 3 is 2.74 bits per heavy atom. The summed E-state index contributed by atoms with van der Waals surface area (Å²) in [6, 6.07) is 12.7. The van der Waals surface area contributed by atoms with Crippen LogP contribution in [0.1, 0.15) is 12.8 Å². The van der Waals surface area contributed by atoms with Gasteiger partial charge in [-0.15, -0.1) is 0 Å². The molecule has 1 aliphatic rings. The minimum Gasteiger partial charge on any atom is -0.495 e. The summed E-state index contributed by atoms with van der Waals surface area (Å²) in [6.07, 6.45) is 2.09. The number of anilines is 1. The summed E-state index contributed by atoms with van der Waals surface area (Å²) in [7, 11) is 1.54. The maximum absolute atomic E-state index is 12.8. The number of methoxy groups -OCH3 is 1. The van der Waals surface area contributed by atoms with Gasteiger partial charge in [0.05, 0.1) is 29.6 Å². The third kappa shape index (κ3) is 4.97. The van der Waals surface area contributed by atoms with E-state index in [4.69, 9.17) is 16.3 Å². The van der Waals surface area contributed by atoms with Gasteiger partial charge in [0.15, 0.2) is 5.16 Å². The molecule has 31 heavy (non-hydrogen) atoms. The number of carbonyl (C=O) groups excluding carboxylic acids is 2. The van der Waals surface area contributed by atoms with Crippen LogP contribution in [-0.2, 0) is 16.1 Å². The first kappa shape index (κ1) is 21.5. The van der Waals surface area contributed by atoms with Crippen molar-refractivity contribution in [3.63, 3.8) is 0 Å². The van der Waals surface area contributed by atoms with Crippen LogP contribution in [0.5, 0.6) is 5.75 Å². The normalized spacial score (nSPS) is 13.5. The third-order valence-electron chi connectivity index (χ3n) is 5.14. The van der Waals surface area contributed by atoms with E-state index in [9.17, 15) is 9.59 Å². The SMILES string of the molecule is COc1ccc(Cl)cc1NC(=O)CSc1nc2ccccc2n1CC(=O)N1CCCC1. The van der Waals surface area contributed by atoms with Gasteiger partial charge < -0.3 is 19.5 Å². The maximum atomic E-state index is 12.8. The Hall–Kier alpha value is -2.71. The van der Waals surface area contributed by atoms with Crippen LogP contribution in [-0.4, -0.2) is 52.2 Å². The van der Waals surface area contributed by atoms with Crippen LogP contribution < -0.4 is 10.1 Å². The molecule has 0 atom stereocenters. The van der Waals surface area contributed by atoms with E-state index in [0.717, 1.165) is 37.0 Å². The number of rotatable bonds is 7. The number of imidazole rings is 1. The molecule has 1 aromatic heterocycles. The molecule has 0 unspecified atom stereocenters. The highest BCUT2D eigenvalue weighted by molar-refractivity contribution is 7.99. The zero-order valence-electron chi connectivity index (χ0n) is 17.1. The van der Waals surface area contributed by atoms with E-state index in [1.807, 2.05) is 33.7 Å². The van der Waals surface area contributed by atoms with Crippen LogP contribution in [0.4, 0.5) is 5.69 Å². The second-order valence-corrected chi connectivity index (χ2v) is 8.62. The molecule has 7 nitrogen and oxygen atoms in total. The summed E-state index contributed by atoms with van der Waals surface area (Å²) >= 11 is 7.33. The molecule has 2 heterocycles. The number of para-hydroxylation sites is 2. The predicted molar refractivity (Wildman–Crippen MR) is 123 cm³/mol. The summed E-state index contributed by atoms with van der Waals surface area (Å²) in [5, 5.41) is 3.98. The Labute approximate surface area is 189 Å². The number of halogens is 1. The van der Waals surface area contributed by atoms with Crippen LogP contribution in [0.3, 0.4) is 0 Å². The fourth-order valence-electron chi connectivity index (χ4n) is 3.61. The van der Waals surface area contributed by atoms with Gasteiger partial charge in [-0.25, -0.2) is 4.98 Å². The topological polar surface area (TPSA) is 76.5 Å². The lowest BCUT2D eigenvalue weighted by Gasteiger charge is -2.17. The van der Waals surface area contributed by atoms with Crippen LogP contribution in [0.15, 0.2) is 47.6 Å². The molecule has 0 aliphatic carbocycles. The first-order valence-corrected chi connectivity index (χ1v) is 11.4. The van der Waals surface area contributed by atoms with E-state index in [-0.39, 0.29) is 24.1 Å². The van der Waals surface area contributed by atoms with Crippen molar-refractivity contribution in [1.82, 2.24) is 14.5 Å². The predicted octanol–water partition coefficient (Wildman–Crippen LogP) is 4.05. The Bertz CT molecular complexity index is 1110. The van der Waals surface area contributed by atoms with E-state index in [2.05, 4.69) is 10.3 Å². The summed E-state index contributed by atoms with van der Waals surface area (Å²) in [4.78, 5) is 31.9. The van der Waals surface area contributed by atoms with Gasteiger partial charge in [0, 0.05) is 18.1 Å². The van der Waals surface area contributed by atoms with Crippen molar-refractivity contribution >= 4 is 51.9 Å². The molecule has 1 aliphatic heterocycles. The zero-order chi connectivity index (χ0) is 21.8. The van der Waals surface area contributed by atoms with Crippen molar-refractivity contribution in [1.29, 1.82) is 0 Å². The highest BCUT2D eigenvalue weighted by Gasteiger charge is 2.21. The number of benzene rings is 2. The van der Waals surface area contributed by atoms with Crippen LogP contribution in [0.2, 0.25) is 5.02 Å². The molecule has 2 amide bonds. The number of ether oxygens (including phenoxy) is 1. The number of amides is 2.